The van der Waals surface area contributed by atoms with E-state index in [1.807, 2.05) is 44.2 Å². The quantitative estimate of drug-likeness (QED) is 0.635. The van der Waals surface area contributed by atoms with Crippen LogP contribution >= 0.6 is 0 Å². The fourth-order valence-electron chi connectivity index (χ4n) is 2.97. The van der Waals surface area contributed by atoms with Crippen molar-refractivity contribution in [2.75, 3.05) is 0 Å². The highest BCUT2D eigenvalue weighted by molar-refractivity contribution is 5.79. The van der Waals surface area contributed by atoms with E-state index in [2.05, 4.69) is 10.3 Å². The fourth-order valence-corrected chi connectivity index (χ4v) is 2.97. The van der Waals surface area contributed by atoms with Crippen molar-refractivity contribution < 1.29 is 13.6 Å². The summed E-state index contributed by atoms with van der Waals surface area (Å²) in [5, 5.41) is 2.92. The van der Waals surface area contributed by atoms with Gasteiger partial charge in [0, 0.05) is 11.5 Å². The normalized spacial score (nSPS) is 14.6. The lowest BCUT2D eigenvalue weighted by Crippen LogP contribution is -2.35. The van der Waals surface area contributed by atoms with Crippen molar-refractivity contribution in [1.29, 1.82) is 0 Å². The van der Waals surface area contributed by atoms with E-state index in [1.54, 1.807) is 26.0 Å². The fraction of sp³-hybridized carbons (Fsp3) is 0.455. The molecule has 0 saturated carbocycles. The summed E-state index contributed by atoms with van der Waals surface area (Å²) in [6.07, 6.45) is -0.469. The minimum Gasteiger partial charge on any atom is -0.343 e. The smallest absolute Gasteiger partial charge is 0.223 e. The third-order valence-electron chi connectivity index (χ3n) is 4.74. The number of rotatable bonds is 8. The molecule has 1 aromatic heterocycles. The Bertz CT molecular complexity index is 749. The van der Waals surface area contributed by atoms with Gasteiger partial charge in [0.2, 0.25) is 11.9 Å². The lowest BCUT2D eigenvalue weighted by atomic mass is 9.98. The van der Waals surface area contributed by atoms with Crippen molar-refractivity contribution in [1.82, 2.24) is 10.3 Å². The number of carbonyl (C=O) groups excluding carboxylic acids is 1. The lowest BCUT2D eigenvalue weighted by Gasteiger charge is -2.22. The Balaban J connectivity index is 2.30. The van der Waals surface area contributed by atoms with Crippen LogP contribution in [0, 0.1) is 11.9 Å². The average molecular weight is 374 g/mol. The Labute approximate surface area is 160 Å². The Kier molecular flexibility index (Phi) is 7.45. The van der Waals surface area contributed by atoms with Gasteiger partial charge in [-0.1, -0.05) is 64.1 Å². The Morgan fingerprint density at radius 3 is 2.33 bits per heavy atom. The van der Waals surface area contributed by atoms with Gasteiger partial charge in [-0.3, -0.25) is 4.79 Å². The minimum absolute atomic E-state index is 0.0203. The van der Waals surface area contributed by atoms with E-state index in [0.717, 1.165) is 5.56 Å². The number of halogens is 2. The molecule has 0 saturated heterocycles. The van der Waals surface area contributed by atoms with Gasteiger partial charge < -0.3 is 5.32 Å². The molecule has 0 aliphatic heterocycles. The van der Waals surface area contributed by atoms with Crippen molar-refractivity contribution in [3.63, 3.8) is 0 Å². The third-order valence-corrected chi connectivity index (χ3v) is 4.74. The van der Waals surface area contributed by atoms with Gasteiger partial charge in [0.25, 0.3) is 0 Å². The summed E-state index contributed by atoms with van der Waals surface area (Å²) in [5.74, 6) is -1.26. The molecule has 1 N–H and O–H groups in total. The topological polar surface area (TPSA) is 42.0 Å². The molecule has 0 radical (unpaired) electrons. The number of amides is 1. The number of benzene rings is 1. The van der Waals surface area contributed by atoms with E-state index in [-0.39, 0.29) is 18.2 Å². The van der Waals surface area contributed by atoms with Crippen LogP contribution in [0.15, 0.2) is 42.5 Å². The Hall–Kier alpha value is -2.30. The Morgan fingerprint density at radius 2 is 1.78 bits per heavy atom. The van der Waals surface area contributed by atoms with E-state index < -0.39 is 24.1 Å². The minimum atomic E-state index is -1.01. The first-order valence-electron chi connectivity index (χ1n) is 9.49. The molecule has 1 heterocycles. The zero-order chi connectivity index (χ0) is 20.0. The maximum Gasteiger partial charge on any atom is 0.223 e. The molecular weight excluding hydrogens is 346 g/mol. The van der Waals surface area contributed by atoms with Gasteiger partial charge in [-0.25, -0.2) is 9.37 Å². The molecule has 2 rings (SSSR count). The molecule has 2 aromatic rings. The molecule has 1 amide bonds. The zero-order valence-electron chi connectivity index (χ0n) is 16.4. The van der Waals surface area contributed by atoms with E-state index >= 15 is 0 Å². The first kappa shape index (κ1) is 21.0. The van der Waals surface area contributed by atoms with E-state index in [9.17, 15) is 13.6 Å². The predicted octanol–water partition coefficient (Wildman–Crippen LogP) is 5.32. The highest BCUT2D eigenvalue weighted by Crippen LogP contribution is 2.25. The van der Waals surface area contributed by atoms with Crippen LogP contribution in [0.4, 0.5) is 8.78 Å². The summed E-state index contributed by atoms with van der Waals surface area (Å²) in [4.78, 5) is 16.7. The molecule has 0 aliphatic rings. The molecule has 3 atom stereocenters. The summed E-state index contributed by atoms with van der Waals surface area (Å²) in [6.45, 7) is 7.26. The molecule has 0 aliphatic carbocycles. The monoisotopic (exact) mass is 374 g/mol. The summed E-state index contributed by atoms with van der Waals surface area (Å²) >= 11 is 0. The molecule has 3 nitrogen and oxygen atoms in total. The van der Waals surface area contributed by atoms with Crippen molar-refractivity contribution in [2.24, 2.45) is 5.92 Å². The van der Waals surface area contributed by atoms with Gasteiger partial charge in [-0.15, -0.1) is 0 Å². The number of nitrogens with one attached hydrogen (secondary N) is 1. The zero-order valence-corrected chi connectivity index (χ0v) is 16.4. The van der Waals surface area contributed by atoms with Crippen LogP contribution in [-0.2, 0) is 4.79 Å². The molecule has 1 aromatic carbocycles. The van der Waals surface area contributed by atoms with Gasteiger partial charge in [-0.2, -0.15) is 4.39 Å². The van der Waals surface area contributed by atoms with Gasteiger partial charge in [0.15, 0.2) is 0 Å². The third kappa shape index (κ3) is 5.59. The van der Waals surface area contributed by atoms with Crippen molar-refractivity contribution in [3.05, 3.63) is 65.2 Å². The first-order valence-corrected chi connectivity index (χ1v) is 9.49. The molecular formula is C22H28F2N2O. The summed E-state index contributed by atoms with van der Waals surface area (Å²) < 4.78 is 28.1. The highest BCUT2D eigenvalue weighted by atomic mass is 19.1. The van der Waals surface area contributed by atoms with Crippen molar-refractivity contribution in [3.8, 4) is 0 Å². The van der Waals surface area contributed by atoms with E-state index in [4.69, 9.17) is 0 Å². The molecule has 0 fully saturated rings. The van der Waals surface area contributed by atoms with Crippen molar-refractivity contribution in [2.45, 2.75) is 58.7 Å². The number of nitrogens with zero attached hydrogens (tertiary/aromatic N) is 1. The van der Waals surface area contributed by atoms with Gasteiger partial charge in [0.1, 0.15) is 6.17 Å². The van der Waals surface area contributed by atoms with Gasteiger partial charge in [0.05, 0.1) is 11.7 Å². The maximum absolute atomic E-state index is 14.4. The van der Waals surface area contributed by atoms with Crippen LogP contribution in [0.2, 0.25) is 0 Å². The molecule has 5 heteroatoms. The summed E-state index contributed by atoms with van der Waals surface area (Å²) in [5.41, 5.74) is 1.76. The number of aromatic nitrogens is 1. The van der Waals surface area contributed by atoms with Crippen LogP contribution in [0.25, 0.3) is 0 Å². The largest absolute Gasteiger partial charge is 0.343 e. The first-order chi connectivity index (χ1) is 12.8. The standard InChI is InChI=1S/C22H28F2N2O/c1-5-17(23)13-15(4)22(27)26-20(16-9-7-6-8-10-16)19-12-11-18(14(2)3)21(24)25-19/h6-12,14-15,17,20H,5,13H2,1-4H3,(H,26,27)/t15-,17-,20-/m0/s1. The number of hydrogen-bond donors (Lipinski definition) is 1. The highest BCUT2D eigenvalue weighted by Gasteiger charge is 2.24. The van der Waals surface area contributed by atoms with Gasteiger partial charge in [-0.05, 0) is 30.4 Å². The number of hydrogen-bond acceptors (Lipinski definition) is 2. The second-order valence-corrected chi connectivity index (χ2v) is 7.27. The van der Waals surface area contributed by atoms with Crippen LogP contribution in [0.5, 0.6) is 0 Å². The second kappa shape index (κ2) is 9.58. The lowest BCUT2D eigenvalue weighted by molar-refractivity contribution is -0.125. The predicted molar refractivity (Wildman–Crippen MR) is 104 cm³/mol. The molecule has 0 spiro atoms. The number of pyridine rings is 1. The molecule has 0 bridgehead atoms. The van der Waals surface area contributed by atoms with Gasteiger partial charge >= 0.3 is 0 Å². The van der Waals surface area contributed by atoms with E-state index in [1.165, 1.54) is 0 Å². The Morgan fingerprint density at radius 1 is 1.11 bits per heavy atom. The van der Waals surface area contributed by atoms with Crippen molar-refractivity contribution >= 4 is 5.91 Å². The van der Waals surface area contributed by atoms with Crippen LogP contribution in [0.1, 0.15) is 69.3 Å². The summed E-state index contributed by atoms with van der Waals surface area (Å²) in [6, 6.07) is 12.2. The van der Waals surface area contributed by atoms with Crippen LogP contribution in [0.3, 0.4) is 0 Å². The average Bonchev–Trinajstić information content (AvgIpc) is 2.65. The molecule has 146 valence electrons. The number of carbonyl (C=O) groups is 1. The van der Waals surface area contributed by atoms with Crippen LogP contribution < -0.4 is 5.32 Å². The van der Waals surface area contributed by atoms with E-state index in [0.29, 0.717) is 17.7 Å². The molecule has 27 heavy (non-hydrogen) atoms. The molecule has 0 unspecified atom stereocenters. The second-order valence-electron chi connectivity index (χ2n) is 7.27. The maximum atomic E-state index is 14.4. The SMILES string of the molecule is CC[C@H](F)C[C@H](C)C(=O)N[C@@H](c1ccccc1)c1ccc(C(C)C)c(F)n1. The van der Waals surface area contributed by atoms with Crippen LogP contribution in [-0.4, -0.2) is 17.1 Å². The summed E-state index contributed by atoms with van der Waals surface area (Å²) in [7, 11) is 0. The number of alkyl halides is 1.